The van der Waals surface area contributed by atoms with Gasteiger partial charge < -0.3 is 25.5 Å². The Morgan fingerprint density at radius 3 is 2.45 bits per heavy atom. The van der Waals surface area contributed by atoms with Gasteiger partial charge in [0.2, 0.25) is 21.8 Å². The lowest BCUT2D eigenvalue weighted by Crippen LogP contribution is -2.60. The third kappa shape index (κ3) is 8.39. The number of alkyl carbamates (subject to hydrolysis) is 1. The van der Waals surface area contributed by atoms with Crippen LogP contribution in [0.15, 0.2) is 42.1 Å². The molecule has 3 saturated carbocycles. The summed E-state index contributed by atoms with van der Waals surface area (Å²) in [6.45, 7) is 9.21. The van der Waals surface area contributed by atoms with E-state index >= 15 is 0 Å². The predicted octanol–water partition coefficient (Wildman–Crippen LogP) is 3.88. The van der Waals surface area contributed by atoms with Crippen LogP contribution in [0.25, 0.3) is 0 Å². The topological polar surface area (TPSA) is 184 Å². The molecule has 268 valence electrons. The SMILES string of the molecule is C=CC1CC1(NC(=O)C1CC(C/C(=N\O)c2cccc(Cl)c2)CN1C(=O)C(NC(=O)OC1CCCC1)C(C)(C)C)C(=O)NS(=O)(=O)C1CC1. The smallest absolute Gasteiger partial charge is 0.408 e. The van der Waals surface area contributed by atoms with E-state index < -0.39 is 68.0 Å². The fourth-order valence-electron chi connectivity index (χ4n) is 6.86. The standard InChI is InChI=1S/C34H46ClN5O8S/c1-5-22-18-34(22,31(43)39-49(46,47)25-13-14-25)37-29(41)27-16-20(15-26(38-45)21-9-8-10-23(35)17-21)19-40(27)30(42)28(33(2,3)4)36-32(44)48-24-11-6-7-12-24/h5,8-10,17,20,22,24-25,27-28,45H,1,6-7,11-16,18-19H2,2-4H3,(H,36,44)(H,37,41)(H,39,43)/b38-26+. The molecule has 0 spiro atoms. The first-order valence-electron chi connectivity index (χ1n) is 16.8. The van der Waals surface area contributed by atoms with Crippen molar-refractivity contribution in [1.82, 2.24) is 20.3 Å². The zero-order valence-electron chi connectivity index (χ0n) is 28.1. The van der Waals surface area contributed by atoms with Gasteiger partial charge in [-0.3, -0.25) is 19.1 Å². The summed E-state index contributed by atoms with van der Waals surface area (Å²) in [7, 11) is -3.89. The summed E-state index contributed by atoms with van der Waals surface area (Å²) in [4.78, 5) is 56.3. The molecule has 4 fully saturated rings. The molecule has 4 aliphatic rings. The van der Waals surface area contributed by atoms with E-state index in [2.05, 4.69) is 27.1 Å². The second-order valence-electron chi connectivity index (χ2n) is 14.8. The van der Waals surface area contributed by atoms with Crippen LogP contribution >= 0.6 is 11.6 Å². The van der Waals surface area contributed by atoms with Crippen molar-refractivity contribution in [1.29, 1.82) is 0 Å². The summed E-state index contributed by atoms with van der Waals surface area (Å²) in [6.07, 6.45) is 5.35. The van der Waals surface area contributed by atoms with Gasteiger partial charge in [-0.1, -0.05) is 55.7 Å². The zero-order valence-corrected chi connectivity index (χ0v) is 29.7. The fraction of sp³-hybridized carbons (Fsp3) is 0.618. The first-order chi connectivity index (χ1) is 23.1. The maximum absolute atomic E-state index is 14.4. The van der Waals surface area contributed by atoms with Crippen molar-refractivity contribution in [3.63, 3.8) is 0 Å². The van der Waals surface area contributed by atoms with Crippen LogP contribution in [0.3, 0.4) is 0 Å². The molecule has 5 atom stereocenters. The number of carbonyl (C=O) groups excluding carboxylic acids is 4. The third-order valence-corrected chi connectivity index (χ3v) is 12.0. The van der Waals surface area contributed by atoms with Gasteiger partial charge in [-0.05, 0) is 81.3 Å². The summed E-state index contributed by atoms with van der Waals surface area (Å²) < 4.78 is 33.0. The van der Waals surface area contributed by atoms with Crippen LogP contribution in [0, 0.1) is 17.3 Å². The van der Waals surface area contributed by atoms with E-state index in [0.717, 1.165) is 25.7 Å². The van der Waals surface area contributed by atoms with Crippen molar-refractivity contribution < 1.29 is 37.5 Å². The van der Waals surface area contributed by atoms with Crippen molar-refractivity contribution in [2.45, 2.75) is 108 Å². The molecule has 3 aliphatic carbocycles. The van der Waals surface area contributed by atoms with Crippen molar-refractivity contribution in [2.24, 2.45) is 22.4 Å². The molecular weight excluding hydrogens is 674 g/mol. The van der Waals surface area contributed by atoms with Gasteiger partial charge in [0.15, 0.2) is 0 Å². The Morgan fingerprint density at radius 2 is 1.88 bits per heavy atom. The molecule has 1 heterocycles. The number of carbonyl (C=O) groups is 4. The Morgan fingerprint density at radius 1 is 1.18 bits per heavy atom. The number of nitrogens with one attached hydrogen (secondary N) is 3. The minimum atomic E-state index is -3.89. The second kappa shape index (κ2) is 14.3. The van der Waals surface area contributed by atoms with E-state index in [1.54, 1.807) is 45.0 Å². The molecule has 4 N–H and O–H groups in total. The first kappa shape index (κ1) is 36.6. The molecule has 4 amide bonds. The van der Waals surface area contributed by atoms with Crippen LogP contribution in [-0.4, -0.2) is 83.6 Å². The van der Waals surface area contributed by atoms with Gasteiger partial charge >= 0.3 is 6.09 Å². The van der Waals surface area contributed by atoms with E-state index in [0.29, 0.717) is 29.1 Å². The molecule has 5 unspecified atom stereocenters. The molecular formula is C34H46ClN5O8S. The van der Waals surface area contributed by atoms with Gasteiger partial charge in [0.05, 0.1) is 11.0 Å². The molecule has 1 aromatic carbocycles. The van der Waals surface area contributed by atoms with E-state index in [9.17, 15) is 32.8 Å². The summed E-state index contributed by atoms with van der Waals surface area (Å²) >= 11 is 6.18. The second-order valence-corrected chi connectivity index (χ2v) is 17.2. The number of oxime groups is 1. The maximum atomic E-state index is 14.4. The molecule has 1 saturated heterocycles. The summed E-state index contributed by atoms with van der Waals surface area (Å²) in [5.41, 5.74) is -1.45. The Hall–Kier alpha value is -3.65. The lowest BCUT2D eigenvalue weighted by molar-refractivity contribution is -0.142. The number of benzene rings is 1. The minimum Gasteiger partial charge on any atom is -0.446 e. The van der Waals surface area contributed by atoms with Crippen LogP contribution in [-0.2, 0) is 29.1 Å². The van der Waals surface area contributed by atoms with Gasteiger partial charge in [0.25, 0.3) is 5.91 Å². The van der Waals surface area contributed by atoms with E-state index in [-0.39, 0.29) is 37.8 Å². The highest BCUT2D eigenvalue weighted by molar-refractivity contribution is 7.91. The Labute approximate surface area is 292 Å². The Bertz CT molecular complexity index is 1620. The molecule has 49 heavy (non-hydrogen) atoms. The summed E-state index contributed by atoms with van der Waals surface area (Å²) in [6, 6.07) is 4.62. The van der Waals surface area contributed by atoms with E-state index in [1.165, 1.54) is 11.0 Å². The predicted molar refractivity (Wildman–Crippen MR) is 182 cm³/mol. The van der Waals surface area contributed by atoms with Crippen LogP contribution < -0.4 is 15.4 Å². The lowest BCUT2D eigenvalue weighted by Gasteiger charge is -2.35. The molecule has 0 aromatic heterocycles. The van der Waals surface area contributed by atoms with Crippen molar-refractivity contribution in [2.75, 3.05) is 6.54 Å². The molecule has 0 radical (unpaired) electrons. The Balaban J connectivity index is 1.40. The molecule has 1 aliphatic heterocycles. The Kier molecular flexibility index (Phi) is 10.7. The summed E-state index contributed by atoms with van der Waals surface area (Å²) in [5, 5.41) is 18.7. The highest BCUT2D eigenvalue weighted by Crippen LogP contribution is 2.46. The first-order valence-corrected chi connectivity index (χ1v) is 18.8. The van der Waals surface area contributed by atoms with Crippen LogP contribution in [0.5, 0.6) is 0 Å². The molecule has 5 rings (SSSR count). The average Bonchev–Trinajstić information content (AvgIpc) is 3.91. The highest BCUT2D eigenvalue weighted by Gasteiger charge is 2.62. The molecule has 15 heteroatoms. The third-order valence-electron chi connectivity index (χ3n) is 9.93. The van der Waals surface area contributed by atoms with Crippen molar-refractivity contribution in [3.05, 3.63) is 47.5 Å². The van der Waals surface area contributed by atoms with Crippen LogP contribution in [0.1, 0.15) is 84.1 Å². The van der Waals surface area contributed by atoms with Crippen LogP contribution in [0.4, 0.5) is 4.79 Å². The van der Waals surface area contributed by atoms with E-state index in [4.69, 9.17) is 16.3 Å². The number of amides is 4. The van der Waals surface area contributed by atoms with Crippen LogP contribution in [0.2, 0.25) is 5.02 Å². The molecule has 0 bridgehead atoms. The number of ether oxygens (including phenoxy) is 1. The van der Waals surface area contributed by atoms with E-state index in [1.807, 2.05) is 0 Å². The monoisotopic (exact) mass is 719 g/mol. The number of likely N-dealkylation sites (tertiary alicyclic amines) is 1. The lowest BCUT2D eigenvalue weighted by atomic mass is 9.85. The number of nitrogens with zero attached hydrogens (tertiary/aromatic N) is 2. The highest BCUT2D eigenvalue weighted by atomic mass is 35.5. The summed E-state index contributed by atoms with van der Waals surface area (Å²) in [5.74, 6) is -2.90. The number of rotatable bonds is 12. The minimum absolute atomic E-state index is 0.0720. The normalized spacial score (nSPS) is 26.5. The number of hydrogen-bond donors (Lipinski definition) is 4. The van der Waals surface area contributed by atoms with Gasteiger partial charge in [0.1, 0.15) is 23.7 Å². The average molecular weight is 720 g/mol. The number of sulfonamides is 1. The van der Waals surface area contributed by atoms with Gasteiger partial charge in [-0.25, -0.2) is 13.2 Å². The fourth-order valence-corrected chi connectivity index (χ4v) is 8.42. The van der Waals surface area contributed by atoms with Crippen molar-refractivity contribution >= 4 is 51.2 Å². The quantitative estimate of drug-likeness (QED) is 0.109. The van der Waals surface area contributed by atoms with Gasteiger partial charge in [-0.2, -0.15) is 0 Å². The molecule has 1 aromatic rings. The van der Waals surface area contributed by atoms with Gasteiger partial charge in [0, 0.05) is 23.0 Å². The maximum Gasteiger partial charge on any atom is 0.408 e. The largest absolute Gasteiger partial charge is 0.446 e. The molecule has 13 nitrogen and oxygen atoms in total. The number of halogens is 1. The zero-order chi connectivity index (χ0) is 35.7. The number of hydrogen-bond acceptors (Lipinski definition) is 9. The van der Waals surface area contributed by atoms with Crippen molar-refractivity contribution in [3.8, 4) is 0 Å². The van der Waals surface area contributed by atoms with Gasteiger partial charge in [-0.15, -0.1) is 6.58 Å².